The molecule has 1 nitrogen and oxygen atoms in total. The summed E-state index contributed by atoms with van der Waals surface area (Å²) in [4.78, 5) is 15.7. The topological polar surface area (TPSA) is 17.1 Å². The average Bonchev–Trinajstić information content (AvgIpc) is 3.46. The lowest BCUT2D eigenvalue weighted by Crippen LogP contribution is -2.03. The van der Waals surface area contributed by atoms with Gasteiger partial charge in [0.1, 0.15) is 0 Å². The number of hydrogen-bond donors (Lipinski definition) is 0. The molecule has 136 valence electrons. The zero-order chi connectivity index (χ0) is 19.2. The van der Waals surface area contributed by atoms with Gasteiger partial charge >= 0.3 is 0 Å². The molecule has 28 heavy (non-hydrogen) atoms. The molecule has 0 N–H and O–H groups in total. The minimum Gasteiger partial charge on any atom is -0.289 e. The summed E-state index contributed by atoms with van der Waals surface area (Å²) >= 11 is 3.17. The van der Waals surface area contributed by atoms with Gasteiger partial charge in [-0.15, -0.1) is 22.7 Å². The van der Waals surface area contributed by atoms with Crippen molar-refractivity contribution in [2.24, 2.45) is 0 Å². The molecule has 2 aromatic carbocycles. The number of carbonyl (C=O) groups excluding carboxylic acids is 1. The van der Waals surface area contributed by atoms with E-state index >= 15 is 0 Å². The third kappa shape index (κ3) is 4.28. The summed E-state index contributed by atoms with van der Waals surface area (Å²) in [6.45, 7) is 0. The second-order valence-corrected chi connectivity index (χ2v) is 8.12. The maximum absolute atomic E-state index is 13.7. The molecule has 4 rings (SSSR count). The van der Waals surface area contributed by atoms with Crippen molar-refractivity contribution >= 4 is 51.8 Å². The highest BCUT2D eigenvalue weighted by Crippen LogP contribution is 2.32. The van der Waals surface area contributed by atoms with E-state index in [0.717, 1.165) is 32.0 Å². The number of Topliss-reactive ketones (excluding diaryl/α,β-unsaturated/α-hetero) is 1. The second-order valence-electron chi connectivity index (χ2n) is 6.22. The fourth-order valence-electron chi connectivity index (χ4n) is 2.94. The van der Waals surface area contributed by atoms with Gasteiger partial charge in [-0.05, 0) is 46.2 Å². The minimum atomic E-state index is 0.0395. The Hall–Kier alpha value is -3.01. The van der Waals surface area contributed by atoms with Gasteiger partial charge in [0.15, 0.2) is 5.78 Å². The van der Waals surface area contributed by atoms with Gasteiger partial charge in [-0.1, -0.05) is 72.8 Å². The van der Waals surface area contributed by atoms with Gasteiger partial charge in [0.05, 0.1) is 0 Å². The highest BCUT2D eigenvalue weighted by molar-refractivity contribution is 7.12. The molecule has 0 fully saturated rings. The van der Waals surface area contributed by atoms with E-state index in [2.05, 4.69) is 0 Å². The monoisotopic (exact) mass is 398 g/mol. The molecule has 0 saturated heterocycles. The van der Waals surface area contributed by atoms with Gasteiger partial charge in [0.2, 0.25) is 0 Å². The summed E-state index contributed by atoms with van der Waals surface area (Å²) < 4.78 is 0. The van der Waals surface area contributed by atoms with Crippen molar-refractivity contribution in [1.82, 2.24) is 0 Å². The molecule has 0 spiro atoms. The van der Waals surface area contributed by atoms with Crippen LogP contribution in [0.25, 0.3) is 23.3 Å². The van der Waals surface area contributed by atoms with Crippen LogP contribution in [-0.4, -0.2) is 5.78 Å². The van der Waals surface area contributed by atoms with E-state index < -0.39 is 0 Å². The quantitative estimate of drug-likeness (QED) is 0.315. The standard InChI is InChI=1S/C25H18OS2/c26-25(21(23-13-7-15-27-23)17-19-9-3-1-4-10-19)22(24-14-8-16-28-24)18-20-11-5-2-6-12-20/h1-18H. The van der Waals surface area contributed by atoms with Crippen LogP contribution in [0.1, 0.15) is 20.9 Å². The molecule has 0 bridgehead atoms. The number of thiophene rings is 2. The molecule has 0 radical (unpaired) electrons. The zero-order valence-electron chi connectivity index (χ0n) is 15.1. The number of ketones is 1. The minimum absolute atomic E-state index is 0.0395. The summed E-state index contributed by atoms with van der Waals surface area (Å²) in [5.41, 5.74) is 3.47. The summed E-state index contributed by atoms with van der Waals surface area (Å²) in [6, 6.07) is 28.0. The van der Waals surface area contributed by atoms with Crippen molar-refractivity contribution in [1.29, 1.82) is 0 Å². The van der Waals surface area contributed by atoms with Gasteiger partial charge in [-0.3, -0.25) is 4.79 Å². The lowest BCUT2D eigenvalue weighted by molar-refractivity contribution is -0.108. The van der Waals surface area contributed by atoms with Gasteiger partial charge in [-0.25, -0.2) is 0 Å². The van der Waals surface area contributed by atoms with Crippen molar-refractivity contribution in [2.45, 2.75) is 0 Å². The molecular formula is C25H18OS2. The van der Waals surface area contributed by atoms with Crippen LogP contribution in [0.3, 0.4) is 0 Å². The molecule has 0 atom stereocenters. The molecule has 0 aliphatic heterocycles. The number of rotatable bonds is 6. The van der Waals surface area contributed by atoms with Crippen LogP contribution in [0.5, 0.6) is 0 Å². The van der Waals surface area contributed by atoms with Crippen LogP contribution in [0, 0.1) is 0 Å². The number of benzene rings is 2. The van der Waals surface area contributed by atoms with Crippen LogP contribution < -0.4 is 0 Å². The third-order valence-corrected chi connectivity index (χ3v) is 6.09. The molecule has 0 saturated carbocycles. The van der Waals surface area contributed by atoms with Crippen LogP contribution in [0.15, 0.2) is 95.7 Å². The zero-order valence-corrected chi connectivity index (χ0v) is 16.8. The summed E-state index contributed by atoms with van der Waals surface area (Å²) in [5, 5.41) is 4.01. The molecule has 2 heterocycles. The maximum Gasteiger partial charge on any atom is 0.195 e. The molecule has 2 aromatic heterocycles. The van der Waals surface area contributed by atoms with Crippen LogP contribution in [0.2, 0.25) is 0 Å². The fraction of sp³-hybridized carbons (Fsp3) is 0. The molecule has 0 aliphatic rings. The first-order valence-corrected chi connectivity index (χ1v) is 10.7. The van der Waals surface area contributed by atoms with Crippen molar-refractivity contribution in [3.63, 3.8) is 0 Å². The van der Waals surface area contributed by atoms with Gasteiger partial charge < -0.3 is 0 Å². The molecular weight excluding hydrogens is 380 g/mol. The summed E-state index contributed by atoms with van der Waals surface area (Å²) in [7, 11) is 0. The van der Waals surface area contributed by atoms with E-state index in [1.165, 1.54) is 0 Å². The number of hydrogen-bond acceptors (Lipinski definition) is 3. The molecule has 3 heteroatoms. The van der Waals surface area contributed by atoms with Crippen LogP contribution in [0.4, 0.5) is 0 Å². The van der Waals surface area contributed by atoms with Gasteiger partial charge in [0, 0.05) is 20.9 Å². The number of allylic oxidation sites excluding steroid dienone is 2. The second kappa shape index (κ2) is 8.79. The van der Waals surface area contributed by atoms with Crippen molar-refractivity contribution in [3.8, 4) is 0 Å². The fourth-order valence-corrected chi connectivity index (χ4v) is 4.42. The van der Waals surface area contributed by atoms with Crippen LogP contribution >= 0.6 is 22.7 Å². The van der Waals surface area contributed by atoms with E-state index in [9.17, 15) is 4.79 Å². The molecule has 0 amide bonds. The molecule has 0 aliphatic carbocycles. The Morgan fingerprint density at radius 2 is 1.00 bits per heavy atom. The van der Waals surface area contributed by atoms with Crippen LogP contribution in [-0.2, 0) is 4.79 Å². The smallest absolute Gasteiger partial charge is 0.195 e. The largest absolute Gasteiger partial charge is 0.289 e. The highest BCUT2D eigenvalue weighted by atomic mass is 32.1. The number of carbonyl (C=O) groups is 1. The van der Waals surface area contributed by atoms with E-state index in [0.29, 0.717) is 0 Å². The van der Waals surface area contributed by atoms with Gasteiger partial charge in [-0.2, -0.15) is 0 Å². The highest BCUT2D eigenvalue weighted by Gasteiger charge is 2.20. The van der Waals surface area contributed by atoms with E-state index in [1.807, 2.05) is 108 Å². The third-order valence-electron chi connectivity index (χ3n) is 4.28. The normalized spacial score (nSPS) is 12.1. The Labute approximate surface area is 172 Å². The lowest BCUT2D eigenvalue weighted by Gasteiger charge is -2.09. The SMILES string of the molecule is O=C(C(=Cc1ccccc1)c1cccs1)C(=Cc1ccccc1)c1cccs1. The Kier molecular flexibility index (Phi) is 5.76. The first kappa shape index (κ1) is 18.4. The Balaban J connectivity index is 1.83. The predicted octanol–water partition coefficient (Wildman–Crippen LogP) is 7.16. The van der Waals surface area contributed by atoms with E-state index in [4.69, 9.17) is 0 Å². The maximum atomic E-state index is 13.7. The first-order valence-electron chi connectivity index (χ1n) is 8.97. The van der Waals surface area contributed by atoms with Gasteiger partial charge in [0.25, 0.3) is 0 Å². The summed E-state index contributed by atoms with van der Waals surface area (Å²) in [5.74, 6) is 0.0395. The predicted molar refractivity (Wildman–Crippen MR) is 122 cm³/mol. The van der Waals surface area contributed by atoms with E-state index in [1.54, 1.807) is 22.7 Å². The Morgan fingerprint density at radius 1 is 0.571 bits per heavy atom. The summed E-state index contributed by atoms with van der Waals surface area (Å²) in [6.07, 6.45) is 3.97. The Morgan fingerprint density at radius 3 is 1.36 bits per heavy atom. The van der Waals surface area contributed by atoms with Crippen molar-refractivity contribution in [3.05, 3.63) is 117 Å². The van der Waals surface area contributed by atoms with Crippen molar-refractivity contribution in [2.75, 3.05) is 0 Å². The average molecular weight is 399 g/mol. The lowest BCUT2D eigenvalue weighted by atomic mass is 9.96. The van der Waals surface area contributed by atoms with Crippen molar-refractivity contribution < 1.29 is 4.79 Å². The Bertz CT molecular complexity index is 998. The first-order chi connectivity index (χ1) is 13.8. The molecule has 4 aromatic rings. The van der Waals surface area contributed by atoms with E-state index in [-0.39, 0.29) is 5.78 Å². The molecule has 0 unspecified atom stereocenters.